The first-order valence-electron chi connectivity index (χ1n) is 5.43. The third-order valence-corrected chi connectivity index (χ3v) is 3.96. The highest BCUT2D eigenvalue weighted by atomic mass is 35.5. The van der Waals surface area contributed by atoms with Gasteiger partial charge in [0, 0.05) is 17.3 Å². The van der Waals surface area contributed by atoms with Gasteiger partial charge >= 0.3 is 5.97 Å². The fourth-order valence-corrected chi connectivity index (χ4v) is 2.29. The Morgan fingerprint density at radius 1 is 1.20 bits per heavy atom. The Morgan fingerprint density at radius 3 is 2.55 bits per heavy atom. The molecule has 0 amide bonds. The molecule has 2 aromatic rings. The Morgan fingerprint density at radius 2 is 1.90 bits per heavy atom. The van der Waals surface area contributed by atoms with Gasteiger partial charge < -0.3 is 10.5 Å². The van der Waals surface area contributed by atoms with Crippen molar-refractivity contribution in [2.75, 3.05) is 12.8 Å². The lowest BCUT2D eigenvalue weighted by Crippen LogP contribution is -2.04. The number of nitrogen functional groups attached to an aromatic ring is 1. The highest BCUT2D eigenvalue weighted by molar-refractivity contribution is 6.49. The third kappa shape index (κ3) is 2.68. The topological polar surface area (TPSA) is 65.2 Å². The van der Waals surface area contributed by atoms with Crippen LogP contribution in [0.15, 0.2) is 24.4 Å². The fraction of sp³-hybridized carbons (Fsp3) is 0.0769. The van der Waals surface area contributed by atoms with E-state index in [4.69, 9.17) is 40.5 Å². The van der Waals surface area contributed by atoms with E-state index in [1.54, 1.807) is 18.2 Å². The SMILES string of the molecule is COC(=O)c1cnc(N)c(-c2ccc(Cl)c(Cl)c2Cl)c1. The zero-order valence-corrected chi connectivity index (χ0v) is 12.6. The zero-order chi connectivity index (χ0) is 14.9. The molecule has 4 nitrogen and oxygen atoms in total. The van der Waals surface area contributed by atoms with Crippen LogP contribution in [-0.2, 0) is 4.74 Å². The zero-order valence-electron chi connectivity index (χ0n) is 10.3. The average molecular weight is 332 g/mol. The van der Waals surface area contributed by atoms with Gasteiger partial charge in [0.15, 0.2) is 0 Å². The standard InChI is InChI=1S/C13H9Cl3N2O2/c1-20-13(19)6-4-8(12(17)18-5-6)7-2-3-9(14)11(16)10(7)15/h2-5H,1H3,(H2,17,18). The number of nitrogens with zero attached hydrogens (tertiary/aromatic N) is 1. The molecule has 0 aliphatic carbocycles. The van der Waals surface area contributed by atoms with Crippen LogP contribution in [0.5, 0.6) is 0 Å². The number of carbonyl (C=O) groups is 1. The van der Waals surface area contributed by atoms with Crippen molar-refractivity contribution in [3.05, 3.63) is 45.0 Å². The lowest BCUT2D eigenvalue weighted by molar-refractivity contribution is 0.0600. The number of esters is 1. The van der Waals surface area contributed by atoms with Gasteiger partial charge in [0.2, 0.25) is 0 Å². The molecule has 0 saturated carbocycles. The Hall–Kier alpha value is -1.49. The Kier molecular flexibility index (Phi) is 4.38. The number of anilines is 1. The molecule has 1 aromatic heterocycles. The molecule has 1 aromatic carbocycles. The molecular formula is C13H9Cl3N2O2. The summed E-state index contributed by atoms with van der Waals surface area (Å²) in [6.07, 6.45) is 1.33. The maximum absolute atomic E-state index is 11.5. The maximum Gasteiger partial charge on any atom is 0.339 e. The molecule has 104 valence electrons. The number of rotatable bonds is 2. The molecule has 0 saturated heterocycles. The predicted molar refractivity (Wildman–Crippen MR) is 80.5 cm³/mol. The summed E-state index contributed by atoms with van der Waals surface area (Å²) < 4.78 is 4.64. The highest BCUT2D eigenvalue weighted by Crippen LogP contribution is 2.39. The molecule has 20 heavy (non-hydrogen) atoms. The minimum absolute atomic E-state index is 0.216. The second-order valence-corrected chi connectivity index (χ2v) is 5.03. The Bertz CT molecular complexity index is 690. The van der Waals surface area contributed by atoms with E-state index in [0.29, 0.717) is 16.1 Å². The largest absolute Gasteiger partial charge is 0.465 e. The van der Waals surface area contributed by atoms with Crippen LogP contribution in [0, 0.1) is 0 Å². The van der Waals surface area contributed by atoms with Crippen LogP contribution >= 0.6 is 34.8 Å². The summed E-state index contributed by atoms with van der Waals surface area (Å²) in [5.41, 5.74) is 7.11. The van der Waals surface area contributed by atoms with Crippen LogP contribution in [0.25, 0.3) is 11.1 Å². The third-order valence-electron chi connectivity index (χ3n) is 2.66. The van der Waals surface area contributed by atoms with Gasteiger partial charge in [0.05, 0.1) is 27.7 Å². The molecular weight excluding hydrogens is 323 g/mol. The summed E-state index contributed by atoms with van der Waals surface area (Å²) in [6.45, 7) is 0. The smallest absolute Gasteiger partial charge is 0.339 e. The van der Waals surface area contributed by atoms with Crippen molar-refractivity contribution in [1.29, 1.82) is 0 Å². The van der Waals surface area contributed by atoms with Crippen LogP contribution in [0.1, 0.15) is 10.4 Å². The summed E-state index contributed by atoms with van der Waals surface area (Å²) in [5.74, 6) is -0.298. The van der Waals surface area contributed by atoms with E-state index < -0.39 is 5.97 Å². The number of aromatic nitrogens is 1. The lowest BCUT2D eigenvalue weighted by atomic mass is 10.0. The van der Waals surface area contributed by atoms with E-state index in [2.05, 4.69) is 9.72 Å². The summed E-state index contributed by atoms with van der Waals surface area (Å²) >= 11 is 18.0. The van der Waals surface area contributed by atoms with E-state index >= 15 is 0 Å². The molecule has 1 heterocycles. The van der Waals surface area contributed by atoms with Crippen LogP contribution in [-0.4, -0.2) is 18.1 Å². The van der Waals surface area contributed by atoms with E-state index in [9.17, 15) is 4.79 Å². The Balaban J connectivity index is 2.63. The number of halogens is 3. The number of carbonyl (C=O) groups excluding carboxylic acids is 1. The number of hydrogen-bond donors (Lipinski definition) is 1. The van der Waals surface area contributed by atoms with Crippen molar-refractivity contribution in [1.82, 2.24) is 4.98 Å². The van der Waals surface area contributed by atoms with Crippen LogP contribution < -0.4 is 5.73 Å². The van der Waals surface area contributed by atoms with Crippen molar-refractivity contribution in [3.63, 3.8) is 0 Å². The minimum atomic E-state index is -0.519. The molecule has 0 unspecified atom stereocenters. The molecule has 0 bridgehead atoms. The number of nitrogens with two attached hydrogens (primary N) is 1. The number of ether oxygens (including phenoxy) is 1. The predicted octanol–water partition coefficient (Wildman–Crippen LogP) is 4.08. The average Bonchev–Trinajstić information content (AvgIpc) is 2.45. The number of methoxy groups -OCH3 is 1. The first-order valence-corrected chi connectivity index (χ1v) is 6.56. The van der Waals surface area contributed by atoms with Crippen LogP contribution in [0.2, 0.25) is 15.1 Å². The second kappa shape index (κ2) is 5.87. The van der Waals surface area contributed by atoms with Crippen molar-refractivity contribution in [2.45, 2.75) is 0 Å². The summed E-state index contributed by atoms with van der Waals surface area (Å²) in [5, 5.41) is 0.791. The van der Waals surface area contributed by atoms with E-state index in [0.717, 1.165) is 0 Å². The maximum atomic E-state index is 11.5. The lowest BCUT2D eigenvalue weighted by Gasteiger charge is -2.10. The van der Waals surface area contributed by atoms with E-state index in [1.807, 2.05) is 0 Å². The van der Waals surface area contributed by atoms with Gasteiger partial charge in [-0.05, 0) is 12.1 Å². The van der Waals surface area contributed by atoms with Crippen LogP contribution in [0.3, 0.4) is 0 Å². The summed E-state index contributed by atoms with van der Waals surface area (Å²) in [4.78, 5) is 15.5. The molecule has 0 atom stereocenters. The number of benzene rings is 1. The summed E-state index contributed by atoms with van der Waals surface area (Å²) in [7, 11) is 1.28. The molecule has 0 spiro atoms. The van der Waals surface area contributed by atoms with Gasteiger partial charge in [-0.25, -0.2) is 9.78 Å². The molecule has 0 fully saturated rings. The van der Waals surface area contributed by atoms with Gasteiger partial charge in [-0.2, -0.15) is 0 Å². The molecule has 0 radical (unpaired) electrons. The molecule has 7 heteroatoms. The summed E-state index contributed by atoms with van der Waals surface area (Å²) in [6, 6.07) is 4.79. The normalized spacial score (nSPS) is 10.4. The van der Waals surface area contributed by atoms with Gasteiger partial charge in [0.1, 0.15) is 5.82 Å². The quantitative estimate of drug-likeness (QED) is 0.665. The van der Waals surface area contributed by atoms with Crippen LogP contribution in [0.4, 0.5) is 5.82 Å². The van der Waals surface area contributed by atoms with E-state index in [1.165, 1.54) is 13.3 Å². The van der Waals surface area contributed by atoms with Crippen molar-refractivity contribution in [3.8, 4) is 11.1 Å². The number of hydrogen-bond acceptors (Lipinski definition) is 4. The molecule has 2 rings (SSSR count). The first kappa shape index (κ1) is 14.9. The minimum Gasteiger partial charge on any atom is -0.465 e. The molecule has 0 aliphatic heterocycles. The fourth-order valence-electron chi connectivity index (χ4n) is 1.65. The van der Waals surface area contributed by atoms with Gasteiger partial charge in [0.25, 0.3) is 0 Å². The van der Waals surface area contributed by atoms with Gasteiger partial charge in [-0.3, -0.25) is 0 Å². The number of pyridine rings is 1. The Labute approximate surface area is 130 Å². The van der Waals surface area contributed by atoms with Crippen molar-refractivity contribution >= 4 is 46.6 Å². The second-order valence-electron chi connectivity index (χ2n) is 3.87. The van der Waals surface area contributed by atoms with Gasteiger partial charge in [-0.15, -0.1) is 0 Å². The first-order chi connectivity index (χ1) is 9.45. The molecule has 2 N–H and O–H groups in total. The monoisotopic (exact) mass is 330 g/mol. The van der Waals surface area contributed by atoms with Gasteiger partial charge in [-0.1, -0.05) is 40.9 Å². The molecule has 0 aliphatic rings. The highest BCUT2D eigenvalue weighted by Gasteiger charge is 2.16. The van der Waals surface area contributed by atoms with E-state index in [-0.39, 0.29) is 21.4 Å². The van der Waals surface area contributed by atoms with Crippen molar-refractivity contribution in [2.24, 2.45) is 0 Å². The van der Waals surface area contributed by atoms with Crippen molar-refractivity contribution < 1.29 is 9.53 Å².